The SMILES string of the molecule is O=C(CC(c1ccc(F)cc1)N1C(O)c2ccccc2C1O)Oc1ccccc1. The third kappa shape index (κ3) is 3.91. The van der Waals surface area contributed by atoms with E-state index < -0.39 is 30.3 Å². The summed E-state index contributed by atoms with van der Waals surface area (Å²) in [5.41, 5.74) is 1.73. The molecule has 5 nitrogen and oxygen atoms in total. The molecule has 4 rings (SSSR count). The van der Waals surface area contributed by atoms with E-state index in [1.54, 1.807) is 48.5 Å². The molecule has 29 heavy (non-hydrogen) atoms. The monoisotopic (exact) mass is 393 g/mol. The van der Waals surface area contributed by atoms with Gasteiger partial charge in [0.2, 0.25) is 0 Å². The molecule has 148 valence electrons. The van der Waals surface area contributed by atoms with Gasteiger partial charge in [-0.05, 0) is 29.8 Å². The van der Waals surface area contributed by atoms with Gasteiger partial charge in [-0.3, -0.25) is 4.79 Å². The van der Waals surface area contributed by atoms with Crippen LogP contribution >= 0.6 is 0 Å². The van der Waals surface area contributed by atoms with E-state index in [-0.39, 0.29) is 6.42 Å². The van der Waals surface area contributed by atoms with Crippen LogP contribution in [-0.2, 0) is 4.79 Å². The van der Waals surface area contributed by atoms with Crippen LogP contribution in [0.3, 0.4) is 0 Å². The minimum atomic E-state index is -1.11. The largest absolute Gasteiger partial charge is 0.426 e. The standard InChI is InChI=1S/C23H20FNO4/c24-16-12-10-15(11-13-16)20(14-21(26)29-17-6-2-1-3-7-17)25-22(27)18-8-4-5-9-19(18)23(25)28/h1-13,20,22-23,27-28H,14H2. The summed E-state index contributed by atoms with van der Waals surface area (Å²) in [5, 5.41) is 21.7. The van der Waals surface area contributed by atoms with E-state index in [0.29, 0.717) is 22.4 Å². The van der Waals surface area contributed by atoms with E-state index >= 15 is 0 Å². The highest BCUT2D eigenvalue weighted by Gasteiger charge is 2.41. The van der Waals surface area contributed by atoms with E-state index in [9.17, 15) is 19.4 Å². The Hall–Kier alpha value is -3.06. The summed E-state index contributed by atoms with van der Waals surface area (Å²) >= 11 is 0. The van der Waals surface area contributed by atoms with E-state index in [1.807, 2.05) is 6.07 Å². The molecular formula is C23H20FNO4. The minimum absolute atomic E-state index is 0.136. The number of hydrogen-bond donors (Lipinski definition) is 2. The van der Waals surface area contributed by atoms with Crippen molar-refractivity contribution < 1.29 is 24.1 Å². The Morgan fingerprint density at radius 3 is 2.03 bits per heavy atom. The first-order chi connectivity index (χ1) is 14.0. The Morgan fingerprint density at radius 1 is 0.897 bits per heavy atom. The third-order valence-electron chi connectivity index (χ3n) is 5.07. The van der Waals surface area contributed by atoms with Gasteiger partial charge in [0.25, 0.3) is 0 Å². The zero-order valence-electron chi connectivity index (χ0n) is 15.5. The van der Waals surface area contributed by atoms with Crippen LogP contribution in [0.4, 0.5) is 4.39 Å². The molecule has 0 fully saturated rings. The lowest BCUT2D eigenvalue weighted by atomic mass is 10.0. The second kappa shape index (κ2) is 8.13. The van der Waals surface area contributed by atoms with Crippen molar-refractivity contribution in [1.29, 1.82) is 0 Å². The molecule has 0 radical (unpaired) electrons. The molecule has 0 saturated heterocycles. The lowest BCUT2D eigenvalue weighted by molar-refractivity contribution is -0.143. The Labute approximate surface area is 167 Å². The predicted octanol–water partition coefficient (Wildman–Crippen LogP) is 3.86. The molecule has 2 N–H and O–H groups in total. The molecule has 0 bridgehead atoms. The van der Waals surface area contributed by atoms with Crippen LogP contribution in [0.15, 0.2) is 78.9 Å². The number of carbonyl (C=O) groups excluding carboxylic acids is 1. The maximum Gasteiger partial charge on any atom is 0.313 e. The molecule has 0 aliphatic carbocycles. The van der Waals surface area contributed by atoms with E-state index in [2.05, 4.69) is 0 Å². The average Bonchev–Trinajstić information content (AvgIpc) is 2.98. The zero-order chi connectivity index (χ0) is 20.4. The number of benzene rings is 3. The van der Waals surface area contributed by atoms with Crippen LogP contribution in [-0.4, -0.2) is 21.1 Å². The molecule has 3 unspecified atom stereocenters. The Kier molecular flexibility index (Phi) is 5.40. The molecule has 0 saturated carbocycles. The zero-order valence-corrected chi connectivity index (χ0v) is 15.5. The van der Waals surface area contributed by atoms with Gasteiger partial charge in [0.15, 0.2) is 0 Å². The summed E-state index contributed by atoms with van der Waals surface area (Å²) in [5.74, 6) is -0.535. The number of rotatable bonds is 5. The topological polar surface area (TPSA) is 70.0 Å². The number of hydrogen-bond acceptors (Lipinski definition) is 5. The molecule has 1 aliphatic rings. The lowest BCUT2D eigenvalue weighted by Crippen LogP contribution is -2.33. The van der Waals surface area contributed by atoms with Crippen LogP contribution in [0.5, 0.6) is 5.75 Å². The normalized spacial score (nSPS) is 19.6. The fraction of sp³-hybridized carbons (Fsp3) is 0.174. The van der Waals surface area contributed by atoms with E-state index in [1.165, 1.54) is 29.2 Å². The summed E-state index contributed by atoms with van der Waals surface area (Å²) in [6.07, 6.45) is -2.36. The number of nitrogens with zero attached hydrogens (tertiary/aromatic N) is 1. The van der Waals surface area contributed by atoms with Gasteiger partial charge in [0, 0.05) is 11.1 Å². The van der Waals surface area contributed by atoms with E-state index in [0.717, 1.165) is 0 Å². The van der Waals surface area contributed by atoms with Crippen molar-refractivity contribution in [3.05, 3.63) is 101 Å². The second-order valence-corrected chi connectivity index (χ2v) is 6.88. The maximum absolute atomic E-state index is 13.4. The van der Waals surface area contributed by atoms with Crippen LogP contribution < -0.4 is 4.74 Å². The van der Waals surface area contributed by atoms with Gasteiger partial charge >= 0.3 is 5.97 Å². The van der Waals surface area contributed by atoms with Crippen LogP contribution in [0.2, 0.25) is 0 Å². The fourth-order valence-electron chi connectivity index (χ4n) is 3.68. The van der Waals surface area contributed by atoms with Gasteiger partial charge in [0.05, 0.1) is 12.5 Å². The van der Waals surface area contributed by atoms with Gasteiger partial charge in [-0.15, -0.1) is 0 Å². The van der Waals surface area contributed by atoms with Gasteiger partial charge in [0.1, 0.15) is 24.0 Å². The van der Waals surface area contributed by atoms with Crippen molar-refractivity contribution in [2.75, 3.05) is 0 Å². The van der Waals surface area contributed by atoms with Crippen molar-refractivity contribution in [1.82, 2.24) is 4.90 Å². The number of para-hydroxylation sites is 1. The predicted molar refractivity (Wildman–Crippen MR) is 104 cm³/mol. The van der Waals surface area contributed by atoms with Gasteiger partial charge in [-0.25, -0.2) is 9.29 Å². The Bertz CT molecular complexity index is 964. The first-order valence-electron chi connectivity index (χ1n) is 9.28. The summed E-state index contributed by atoms with van der Waals surface area (Å²) in [4.78, 5) is 14.1. The lowest BCUT2D eigenvalue weighted by Gasteiger charge is -2.33. The molecule has 1 aliphatic heterocycles. The number of aliphatic hydroxyl groups is 2. The van der Waals surface area contributed by atoms with Crippen LogP contribution in [0.25, 0.3) is 0 Å². The quantitative estimate of drug-likeness (QED) is 0.509. The van der Waals surface area contributed by atoms with Crippen molar-refractivity contribution in [3.63, 3.8) is 0 Å². The molecule has 1 heterocycles. The number of ether oxygens (including phenoxy) is 1. The number of carbonyl (C=O) groups is 1. The molecule has 0 amide bonds. The molecule has 3 aromatic rings. The number of halogens is 1. The van der Waals surface area contributed by atoms with Crippen molar-refractivity contribution in [2.24, 2.45) is 0 Å². The summed E-state index contributed by atoms with van der Waals surface area (Å²) < 4.78 is 18.8. The van der Waals surface area contributed by atoms with E-state index in [4.69, 9.17) is 4.74 Å². The van der Waals surface area contributed by atoms with Crippen molar-refractivity contribution >= 4 is 5.97 Å². The summed E-state index contributed by atoms with van der Waals surface area (Å²) in [6.45, 7) is 0. The highest BCUT2D eigenvalue weighted by molar-refractivity contribution is 5.73. The number of fused-ring (bicyclic) bond motifs is 1. The molecule has 3 aromatic carbocycles. The Balaban J connectivity index is 1.64. The number of esters is 1. The first kappa shape index (κ1) is 19.3. The average molecular weight is 393 g/mol. The Morgan fingerprint density at radius 2 is 1.45 bits per heavy atom. The molecular weight excluding hydrogens is 373 g/mol. The minimum Gasteiger partial charge on any atom is -0.426 e. The smallest absolute Gasteiger partial charge is 0.313 e. The van der Waals surface area contributed by atoms with Crippen LogP contribution in [0.1, 0.15) is 41.6 Å². The molecule has 3 atom stereocenters. The fourth-order valence-corrected chi connectivity index (χ4v) is 3.68. The first-order valence-corrected chi connectivity index (χ1v) is 9.28. The maximum atomic E-state index is 13.4. The van der Waals surface area contributed by atoms with Crippen LogP contribution in [0, 0.1) is 5.82 Å². The van der Waals surface area contributed by atoms with Crippen molar-refractivity contribution in [3.8, 4) is 5.75 Å². The molecule has 0 spiro atoms. The summed E-state index contributed by atoms with van der Waals surface area (Å²) in [7, 11) is 0. The molecule has 0 aromatic heterocycles. The number of aliphatic hydroxyl groups excluding tert-OH is 2. The highest BCUT2D eigenvalue weighted by Crippen LogP contribution is 2.45. The van der Waals surface area contributed by atoms with Gasteiger partial charge in [-0.2, -0.15) is 0 Å². The molecule has 6 heteroatoms. The summed E-state index contributed by atoms with van der Waals surface area (Å²) in [6, 6.07) is 20.6. The van der Waals surface area contributed by atoms with Gasteiger partial charge in [-0.1, -0.05) is 54.6 Å². The third-order valence-corrected chi connectivity index (χ3v) is 5.07. The highest BCUT2D eigenvalue weighted by atomic mass is 19.1. The second-order valence-electron chi connectivity index (χ2n) is 6.88. The van der Waals surface area contributed by atoms with Crippen molar-refractivity contribution in [2.45, 2.75) is 24.9 Å². The van der Waals surface area contributed by atoms with Gasteiger partial charge < -0.3 is 14.9 Å².